The topological polar surface area (TPSA) is 108 Å². The maximum atomic E-state index is 12.5. The zero-order valence-corrected chi connectivity index (χ0v) is 31.7. The van der Waals surface area contributed by atoms with Crippen LogP contribution in [-0.4, -0.2) is 74.9 Å². The Kier molecular flexibility index (Phi) is 29.7. The second-order valence-electron chi connectivity index (χ2n) is 13.3. The van der Waals surface area contributed by atoms with E-state index in [0.29, 0.717) is 17.4 Å². The Hall–Kier alpha value is -2.03. The number of allylic oxidation sites excluding steroid dienone is 7. The quantitative estimate of drug-likeness (QED) is 0.0237. The molecule has 0 rings (SSSR count). The molecule has 0 aromatic heterocycles. The van der Waals surface area contributed by atoms with E-state index in [1.54, 1.807) is 0 Å². The number of phosphoric acid groups is 1. The van der Waals surface area contributed by atoms with Crippen molar-refractivity contribution in [2.45, 2.75) is 135 Å². The Morgan fingerprint density at radius 2 is 1.23 bits per heavy atom. The van der Waals surface area contributed by atoms with Gasteiger partial charge in [0, 0.05) is 12.8 Å². The summed E-state index contributed by atoms with van der Waals surface area (Å²) >= 11 is 0. The van der Waals surface area contributed by atoms with E-state index < -0.39 is 32.5 Å². The van der Waals surface area contributed by atoms with Crippen molar-refractivity contribution in [1.82, 2.24) is 0 Å². The van der Waals surface area contributed by atoms with Gasteiger partial charge in [-0.05, 0) is 32.1 Å². The van der Waals surface area contributed by atoms with Crippen molar-refractivity contribution < 1.29 is 42.1 Å². The fraction of sp³-hybridized carbons (Fsp3) is 0.737. The highest BCUT2D eigenvalue weighted by molar-refractivity contribution is 7.47. The summed E-state index contributed by atoms with van der Waals surface area (Å²) in [6.07, 6.45) is 32.2. The van der Waals surface area contributed by atoms with Crippen LogP contribution in [0.15, 0.2) is 49.1 Å². The van der Waals surface area contributed by atoms with Crippen LogP contribution in [0.1, 0.15) is 129 Å². The number of ether oxygens (including phenoxy) is 2. The summed E-state index contributed by atoms with van der Waals surface area (Å²) in [6.45, 7) is 5.75. The van der Waals surface area contributed by atoms with E-state index in [-0.39, 0.29) is 26.1 Å². The van der Waals surface area contributed by atoms with Gasteiger partial charge in [-0.15, -0.1) is 6.58 Å². The third kappa shape index (κ3) is 33.9. The van der Waals surface area contributed by atoms with Crippen molar-refractivity contribution in [2.75, 3.05) is 47.5 Å². The van der Waals surface area contributed by atoms with Gasteiger partial charge < -0.3 is 18.9 Å². The minimum Gasteiger partial charge on any atom is -0.462 e. The largest absolute Gasteiger partial charge is 0.472 e. The zero-order valence-electron chi connectivity index (χ0n) is 30.8. The maximum Gasteiger partial charge on any atom is 0.472 e. The molecule has 0 saturated heterocycles. The standard InChI is InChI=1S/C38H68NO8P/c1-6-8-10-12-14-16-18-19-21-22-24-26-28-30-37(40)44-34-36(35-46-48(42,43)45-33-32-39(3,4)5)47-38(41)31-29-27-25-23-20-17-15-13-11-9-7-2/h7,11,13,17,20,25,27,36H,2,6,8-10,12,14-16,18-19,21-24,26,28-35H2,1,3-5H3/p+1/b13-11-,20-17-,27-25-/t36-/m1/s1. The third-order valence-electron chi connectivity index (χ3n) is 7.52. The van der Waals surface area contributed by atoms with E-state index in [2.05, 4.69) is 37.8 Å². The van der Waals surface area contributed by atoms with Crippen LogP contribution in [0.2, 0.25) is 0 Å². The van der Waals surface area contributed by atoms with Crippen molar-refractivity contribution >= 4 is 19.8 Å². The van der Waals surface area contributed by atoms with Gasteiger partial charge >= 0.3 is 19.8 Å². The number of carbonyl (C=O) groups excluding carboxylic acids is 2. The summed E-state index contributed by atoms with van der Waals surface area (Å²) in [6, 6.07) is 0. The second kappa shape index (κ2) is 31.0. The lowest BCUT2D eigenvalue weighted by atomic mass is 10.0. The average Bonchev–Trinajstić information content (AvgIpc) is 3.02. The number of likely N-dealkylation sites (N-methyl/N-ethyl adjacent to an activating group) is 1. The summed E-state index contributed by atoms with van der Waals surface area (Å²) < 4.78 is 34.0. The van der Waals surface area contributed by atoms with Crippen LogP contribution in [0.4, 0.5) is 0 Å². The predicted molar refractivity (Wildman–Crippen MR) is 196 cm³/mol. The smallest absolute Gasteiger partial charge is 0.462 e. The molecule has 0 bridgehead atoms. The van der Waals surface area contributed by atoms with E-state index in [1.165, 1.54) is 64.2 Å². The summed E-state index contributed by atoms with van der Waals surface area (Å²) in [4.78, 5) is 35.0. The molecule has 0 spiro atoms. The molecule has 2 atom stereocenters. The number of hydrogen-bond acceptors (Lipinski definition) is 7. The number of carbonyl (C=O) groups is 2. The monoisotopic (exact) mass is 698 g/mol. The van der Waals surface area contributed by atoms with Crippen LogP contribution in [0.3, 0.4) is 0 Å². The predicted octanol–water partition coefficient (Wildman–Crippen LogP) is 9.57. The van der Waals surface area contributed by atoms with Crippen LogP contribution in [0, 0.1) is 0 Å². The molecular formula is C38H69NO8P+. The highest BCUT2D eigenvalue weighted by atomic mass is 31.2. The van der Waals surface area contributed by atoms with Crippen LogP contribution < -0.4 is 0 Å². The Morgan fingerprint density at radius 1 is 0.708 bits per heavy atom. The lowest BCUT2D eigenvalue weighted by Crippen LogP contribution is -2.37. The molecule has 0 aliphatic rings. The van der Waals surface area contributed by atoms with Crippen molar-refractivity contribution in [3.63, 3.8) is 0 Å². The molecule has 0 radical (unpaired) electrons. The molecular weight excluding hydrogens is 629 g/mol. The van der Waals surface area contributed by atoms with Crippen molar-refractivity contribution in [3.8, 4) is 0 Å². The lowest BCUT2D eigenvalue weighted by Gasteiger charge is -2.24. The molecule has 0 fully saturated rings. The van der Waals surface area contributed by atoms with Crippen molar-refractivity contribution in [3.05, 3.63) is 49.1 Å². The number of rotatable bonds is 33. The van der Waals surface area contributed by atoms with E-state index in [0.717, 1.165) is 38.5 Å². The molecule has 10 heteroatoms. The van der Waals surface area contributed by atoms with E-state index in [1.807, 2.05) is 39.4 Å². The molecule has 0 aromatic carbocycles. The number of hydrogen-bond donors (Lipinski definition) is 1. The molecule has 0 amide bonds. The van der Waals surface area contributed by atoms with Gasteiger partial charge in [0.15, 0.2) is 6.10 Å². The first-order chi connectivity index (χ1) is 23.0. The summed E-state index contributed by atoms with van der Waals surface area (Å²) in [7, 11) is 1.42. The highest BCUT2D eigenvalue weighted by Gasteiger charge is 2.27. The minimum absolute atomic E-state index is 0.0172. The second-order valence-corrected chi connectivity index (χ2v) is 14.8. The fourth-order valence-corrected chi connectivity index (χ4v) is 5.35. The summed E-state index contributed by atoms with van der Waals surface area (Å²) in [5.74, 6) is -0.903. The minimum atomic E-state index is -4.38. The molecule has 9 nitrogen and oxygen atoms in total. The van der Waals surface area contributed by atoms with Gasteiger partial charge in [0.1, 0.15) is 19.8 Å². The van der Waals surface area contributed by atoms with Crippen LogP contribution in [-0.2, 0) is 32.7 Å². The number of unbranched alkanes of at least 4 members (excludes halogenated alkanes) is 12. The number of phosphoric ester groups is 1. The van der Waals surface area contributed by atoms with Gasteiger partial charge in [-0.2, -0.15) is 0 Å². The van der Waals surface area contributed by atoms with Crippen LogP contribution >= 0.6 is 7.82 Å². The molecule has 278 valence electrons. The van der Waals surface area contributed by atoms with Gasteiger partial charge in [0.05, 0.1) is 27.7 Å². The normalized spacial score (nSPS) is 14.1. The molecule has 0 heterocycles. The first-order valence-corrected chi connectivity index (χ1v) is 19.8. The Morgan fingerprint density at radius 3 is 1.77 bits per heavy atom. The van der Waals surface area contributed by atoms with E-state index in [9.17, 15) is 19.0 Å². The molecule has 1 unspecified atom stereocenters. The van der Waals surface area contributed by atoms with Crippen molar-refractivity contribution in [1.29, 1.82) is 0 Å². The Bertz CT molecular complexity index is 957. The summed E-state index contributed by atoms with van der Waals surface area (Å²) in [5.41, 5.74) is 0. The SMILES string of the molecule is C=CC/C=C\C/C=C\C/C=C\CCC(=O)O[C@H](COC(=O)CCCCCCCCCCCCCCC)COP(=O)(O)OCC[N+](C)(C)C. The maximum absolute atomic E-state index is 12.5. The van der Waals surface area contributed by atoms with Gasteiger partial charge in [-0.25, -0.2) is 4.57 Å². The van der Waals surface area contributed by atoms with Crippen LogP contribution in [0.25, 0.3) is 0 Å². The molecule has 0 aromatic rings. The van der Waals surface area contributed by atoms with E-state index in [4.69, 9.17) is 18.5 Å². The van der Waals surface area contributed by atoms with Gasteiger partial charge in [0.2, 0.25) is 0 Å². The third-order valence-corrected chi connectivity index (χ3v) is 8.50. The number of nitrogens with zero attached hydrogens (tertiary/aromatic N) is 1. The first kappa shape index (κ1) is 46.0. The number of quaternary nitrogens is 1. The highest BCUT2D eigenvalue weighted by Crippen LogP contribution is 2.43. The summed E-state index contributed by atoms with van der Waals surface area (Å²) in [5, 5.41) is 0. The van der Waals surface area contributed by atoms with Gasteiger partial charge in [-0.1, -0.05) is 127 Å². The molecule has 0 aliphatic carbocycles. The van der Waals surface area contributed by atoms with Gasteiger partial charge in [0.25, 0.3) is 0 Å². The molecule has 0 aliphatic heterocycles. The molecule has 0 saturated carbocycles. The Balaban J connectivity index is 4.53. The number of esters is 2. The lowest BCUT2D eigenvalue weighted by molar-refractivity contribution is -0.870. The molecule has 48 heavy (non-hydrogen) atoms. The fourth-order valence-electron chi connectivity index (χ4n) is 4.60. The zero-order chi connectivity index (χ0) is 35.8. The Labute approximate surface area is 293 Å². The van der Waals surface area contributed by atoms with Gasteiger partial charge in [-0.3, -0.25) is 18.6 Å². The first-order valence-electron chi connectivity index (χ1n) is 18.3. The van der Waals surface area contributed by atoms with E-state index >= 15 is 0 Å². The average molecular weight is 699 g/mol. The van der Waals surface area contributed by atoms with Crippen molar-refractivity contribution in [2.24, 2.45) is 0 Å². The molecule has 1 N–H and O–H groups in total. The van der Waals surface area contributed by atoms with Crippen LogP contribution in [0.5, 0.6) is 0 Å².